The van der Waals surface area contributed by atoms with E-state index in [1.54, 1.807) is 0 Å². The van der Waals surface area contributed by atoms with Gasteiger partial charge < -0.3 is 5.73 Å². The number of aromatic nitrogens is 2. The highest BCUT2D eigenvalue weighted by Crippen LogP contribution is 2.28. The minimum Gasteiger partial charge on any atom is -0.327 e. The predicted octanol–water partition coefficient (Wildman–Crippen LogP) is 2.75. The van der Waals surface area contributed by atoms with E-state index in [1.165, 1.54) is 37.8 Å². The highest BCUT2D eigenvalue weighted by Gasteiger charge is 2.15. The maximum atomic E-state index is 6.21. The monoisotopic (exact) mass is 267 g/mol. The van der Waals surface area contributed by atoms with E-state index in [4.69, 9.17) is 5.73 Å². The van der Waals surface area contributed by atoms with Gasteiger partial charge in [0.05, 0.1) is 0 Å². The van der Waals surface area contributed by atoms with E-state index in [1.807, 2.05) is 17.9 Å². The predicted molar refractivity (Wildman–Crippen MR) is 78.8 cm³/mol. The molecule has 0 saturated heterocycles. The summed E-state index contributed by atoms with van der Waals surface area (Å²) in [4.78, 5) is 0. The Bertz CT molecular complexity index is 345. The lowest BCUT2D eigenvalue weighted by atomic mass is 10.0. The Morgan fingerprint density at radius 1 is 1.44 bits per heavy atom. The van der Waals surface area contributed by atoms with Crippen molar-refractivity contribution in [2.45, 2.75) is 56.2 Å². The summed E-state index contributed by atoms with van der Waals surface area (Å²) >= 11 is 2.10. The number of hydrogen-bond acceptors (Lipinski definition) is 3. The van der Waals surface area contributed by atoms with Crippen LogP contribution in [0.5, 0.6) is 0 Å². The first kappa shape index (κ1) is 13.9. The summed E-state index contributed by atoms with van der Waals surface area (Å²) in [6.45, 7) is 0. The van der Waals surface area contributed by atoms with Crippen molar-refractivity contribution in [3.05, 3.63) is 18.0 Å². The van der Waals surface area contributed by atoms with Crippen molar-refractivity contribution in [3.8, 4) is 0 Å². The van der Waals surface area contributed by atoms with Crippen molar-refractivity contribution in [1.82, 2.24) is 9.78 Å². The molecule has 0 radical (unpaired) electrons. The molecule has 1 aliphatic rings. The van der Waals surface area contributed by atoms with Gasteiger partial charge in [0.1, 0.15) is 0 Å². The lowest BCUT2D eigenvalue weighted by Gasteiger charge is -2.22. The Labute approximate surface area is 115 Å². The molecule has 0 amide bonds. The number of nitrogens with two attached hydrogens (primary N) is 1. The molecule has 1 saturated carbocycles. The number of rotatable bonds is 6. The maximum absolute atomic E-state index is 6.21. The molecule has 0 bridgehead atoms. The quantitative estimate of drug-likeness (QED) is 0.862. The van der Waals surface area contributed by atoms with Gasteiger partial charge in [-0.2, -0.15) is 16.9 Å². The van der Waals surface area contributed by atoms with Crippen LogP contribution in [0.25, 0.3) is 0 Å². The van der Waals surface area contributed by atoms with Crippen LogP contribution < -0.4 is 5.73 Å². The number of nitrogens with zero attached hydrogens (tertiary/aromatic N) is 2. The number of aryl methyl sites for hydroxylation is 2. The largest absolute Gasteiger partial charge is 0.327 e. The SMILES string of the molecule is Cn1nccc1CCC(N)CSC1CCCCC1. The fraction of sp³-hybridized carbons (Fsp3) is 0.786. The third-order valence-corrected chi connectivity index (χ3v) is 5.36. The van der Waals surface area contributed by atoms with Gasteiger partial charge in [0.15, 0.2) is 0 Å². The zero-order valence-corrected chi connectivity index (χ0v) is 12.2. The van der Waals surface area contributed by atoms with Crippen molar-refractivity contribution in [2.24, 2.45) is 12.8 Å². The van der Waals surface area contributed by atoms with Crippen LogP contribution in [0, 0.1) is 0 Å². The number of hydrogen-bond donors (Lipinski definition) is 1. The molecule has 1 aromatic rings. The minimum absolute atomic E-state index is 0.326. The van der Waals surface area contributed by atoms with Crippen molar-refractivity contribution in [2.75, 3.05) is 5.75 Å². The Balaban J connectivity index is 1.62. The van der Waals surface area contributed by atoms with E-state index < -0.39 is 0 Å². The summed E-state index contributed by atoms with van der Waals surface area (Å²) in [7, 11) is 2.00. The summed E-state index contributed by atoms with van der Waals surface area (Å²) in [5.74, 6) is 1.11. The lowest BCUT2D eigenvalue weighted by molar-refractivity contribution is 0.515. The average molecular weight is 267 g/mol. The van der Waals surface area contributed by atoms with Crippen LogP contribution in [0.3, 0.4) is 0 Å². The fourth-order valence-electron chi connectivity index (χ4n) is 2.55. The van der Waals surface area contributed by atoms with Gasteiger partial charge in [-0.1, -0.05) is 19.3 Å². The highest BCUT2D eigenvalue weighted by atomic mass is 32.2. The third kappa shape index (κ3) is 4.32. The summed E-state index contributed by atoms with van der Waals surface area (Å²) in [5, 5.41) is 5.06. The second-order valence-corrected chi connectivity index (χ2v) is 6.67. The van der Waals surface area contributed by atoms with E-state index in [9.17, 15) is 0 Å². The Morgan fingerprint density at radius 3 is 2.89 bits per heavy atom. The second-order valence-electron chi connectivity index (χ2n) is 5.34. The minimum atomic E-state index is 0.326. The molecule has 0 aromatic carbocycles. The topological polar surface area (TPSA) is 43.8 Å². The first-order chi connectivity index (χ1) is 8.75. The molecule has 102 valence electrons. The number of thioether (sulfide) groups is 1. The van der Waals surface area contributed by atoms with Crippen LogP contribution in [0.15, 0.2) is 12.3 Å². The van der Waals surface area contributed by atoms with Gasteiger partial charge in [-0.3, -0.25) is 4.68 Å². The molecule has 3 nitrogen and oxygen atoms in total. The van der Waals surface area contributed by atoms with E-state index in [0.717, 1.165) is 23.8 Å². The van der Waals surface area contributed by atoms with Gasteiger partial charge in [-0.15, -0.1) is 0 Å². The van der Waals surface area contributed by atoms with E-state index >= 15 is 0 Å². The van der Waals surface area contributed by atoms with Crippen LogP contribution >= 0.6 is 11.8 Å². The molecule has 18 heavy (non-hydrogen) atoms. The zero-order valence-electron chi connectivity index (χ0n) is 11.3. The van der Waals surface area contributed by atoms with Gasteiger partial charge >= 0.3 is 0 Å². The van der Waals surface area contributed by atoms with Gasteiger partial charge in [0, 0.05) is 36.0 Å². The first-order valence-corrected chi connectivity index (χ1v) is 8.14. The molecule has 1 unspecified atom stereocenters. The third-order valence-electron chi connectivity index (χ3n) is 3.79. The van der Waals surface area contributed by atoms with Crippen LogP contribution in [0.4, 0.5) is 0 Å². The molecule has 1 aliphatic carbocycles. The van der Waals surface area contributed by atoms with E-state index in [0.29, 0.717) is 6.04 Å². The van der Waals surface area contributed by atoms with Gasteiger partial charge in [0.2, 0.25) is 0 Å². The van der Waals surface area contributed by atoms with Crippen LogP contribution in [0.1, 0.15) is 44.2 Å². The Morgan fingerprint density at radius 2 is 2.22 bits per heavy atom. The smallest absolute Gasteiger partial charge is 0.0492 e. The van der Waals surface area contributed by atoms with Crippen molar-refractivity contribution in [1.29, 1.82) is 0 Å². The van der Waals surface area contributed by atoms with E-state index in [2.05, 4.69) is 22.9 Å². The van der Waals surface area contributed by atoms with Gasteiger partial charge in [-0.05, 0) is 31.7 Å². The Hall–Kier alpha value is -0.480. The summed E-state index contributed by atoms with van der Waals surface area (Å²) in [6, 6.07) is 2.41. The fourth-order valence-corrected chi connectivity index (χ4v) is 3.91. The molecule has 2 rings (SSSR count). The molecule has 0 aliphatic heterocycles. The molecular formula is C14H25N3S. The average Bonchev–Trinajstić information content (AvgIpc) is 2.81. The molecule has 2 N–H and O–H groups in total. The first-order valence-electron chi connectivity index (χ1n) is 7.10. The van der Waals surface area contributed by atoms with Crippen molar-refractivity contribution in [3.63, 3.8) is 0 Å². The molecule has 1 atom stereocenters. The maximum Gasteiger partial charge on any atom is 0.0492 e. The van der Waals surface area contributed by atoms with Crippen LogP contribution in [-0.4, -0.2) is 26.8 Å². The molecule has 4 heteroatoms. The second kappa shape index (κ2) is 7.19. The van der Waals surface area contributed by atoms with Crippen LogP contribution in [-0.2, 0) is 13.5 Å². The lowest BCUT2D eigenvalue weighted by Crippen LogP contribution is -2.25. The standard InChI is InChI=1S/C14H25N3S/c1-17-13(9-10-16-17)8-7-12(15)11-18-14-5-3-2-4-6-14/h9-10,12,14H,2-8,11,15H2,1H3. The Kier molecular flexibility index (Phi) is 5.57. The molecule has 1 heterocycles. The molecule has 1 fully saturated rings. The molecule has 1 aromatic heterocycles. The summed E-state index contributed by atoms with van der Waals surface area (Å²) in [5.41, 5.74) is 7.49. The van der Waals surface area contributed by atoms with Crippen LogP contribution in [0.2, 0.25) is 0 Å². The van der Waals surface area contributed by atoms with E-state index in [-0.39, 0.29) is 0 Å². The van der Waals surface area contributed by atoms with Crippen molar-refractivity contribution >= 4 is 11.8 Å². The molecule has 0 spiro atoms. The highest BCUT2D eigenvalue weighted by molar-refractivity contribution is 7.99. The summed E-state index contributed by atoms with van der Waals surface area (Å²) < 4.78 is 1.95. The van der Waals surface area contributed by atoms with Gasteiger partial charge in [-0.25, -0.2) is 0 Å². The van der Waals surface area contributed by atoms with Crippen molar-refractivity contribution < 1.29 is 0 Å². The molecular weight excluding hydrogens is 242 g/mol. The normalized spacial score (nSPS) is 19.0. The van der Waals surface area contributed by atoms with Gasteiger partial charge in [0.25, 0.3) is 0 Å². The summed E-state index contributed by atoms with van der Waals surface area (Å²) in [6.07, 6.45) is 11.0. The zero-order chi connectivity index (χ0) is 12.8.